The van der Waals surface area contributed by atoms with Gasteiger partial charge in [-0.3, -0.25) is 4.79 Å². The molecule has 0 aromatic carbocycles. The van der Waals surface area contributed by atoms with Crippen LogP contribution in [0.1, 0.15) is 77.6 Å². The van der Waals surface area contributed by atoms with Gasteiger partial charge in [0.15, 0.2) is 0 Å². The van der Waals surface area contributed by atoms with Crippen LogP contribution in [0.5, 0.6) is 0 Å². The molecule has 0 spiro atoms. The Balaban J connectivity index is 3.35. The van der Waals surface area contributed by atoms with Crippen LogP contribution in [0.15, 0.2) is 36.5 Å². The molecule has 1 atom stereocenters. The van der Waals surface area contributed by atoms with Gasteiger partial charge in [0.25, 0.3) is 0 Å². The van der Waals surface area contributed by atoms with Gasteiger partial charge in [-0.25, -0.2) is 0 Å². The second-order valence-corrected chi connectivity index (χ2v) is 6.50. The molecule has 0 aromatic rings. The maximum absolute atomic E-state index is 11.4. The van der Waals surface area contributed by atoms with Crippen LogP contribution in [-0.2, 0) is 9.53 Å². The molecule has 4 nitrogen and oxygen atoms in total. The van der Waals surface area contributed by atoms with Crippen molar-refractivity contribution in [3.8, 4) is 0 Å². The summed E-state index contributed by atoms with van der Waals surface area (Å²) in [4.78, 5) is 11.4. The van der Waals surface area contributed by atoms with E-state index in [4.69, 9.17) is 14.9 Å². The third kappa shape index (κ3) is 18.9. The molecule has 0 rings (SSSR count). The Kier molecular flexibility index (Phi) is 18.9. The van der Waals surface area contributed by atoms with E-state index in [9.17, 15) is 4.79 Å². The van der Waals surface area contributed by atoms with E-state index < -0.39 is 6.10 Å². The van der Waals surface area contributed by atoms with Gasteiger partial charge in [0.05, 0.1) is 6.61 Å². The van der Waals surface area contributed by atoms with Gasteiger partial charge in [0, 0.05) is 6.42 Å². The molecule has 0 bridgehead atoms. The number of carbonyl (C=O) groups excluding carboxylic acids is 1. The second-order valence-electron chi connectivity index (χ2n) is 6.50. The van der Waals surface area contributed by atoms with Gasteiger partial charge < -0.3 is 14.9 Å². The SMILES string of the molecule is CCCC=CCC=CCC=CCCCCCCCC(=O)OCC(O)CO. The molecule has 4 heteroatoms. The first-order chi connectivity index (χ1) is 12.7. The van der Waals surface area contributed by atoms with Crippen molar-refractivity contribution in [2.24, 2.45) is 0 Å². The van der Waals surface area contributed by atoms with E-state index in [1.807, 2.05) is 0 Å². The standard InChI is InChI=1S/C22H38O4/c1-2-3-4-5-6-7-8-9-10-11-12-13-14-15-16-17-18-22(25)26-20-21(24)19-23/h4-5,7-8,10-11,21,23-24H,2-3,6,9,12-20H2,1H3. The Morgan fingerprint density at radius 1 is 0.885 bits per heavy atom. The lowest BCUT2D eigenvalue weighted by molar-refractivity contribution is -0.147. The second kappa shape index (κ2) is 19.9. The molecule has 0 fully saturated rings. The molecular weight excluding hydrogens is 328 g/mol. The number of aliphatic hydroxyl groups is 2. The minimum atomic E-state index is -0.967. The number of unbranched alkanes of at least 4 members (excludes halogenated alkanes) is 6. The fourth-order valence-corrected chi connectivity index (χ4v) is 2.32. The Hall–Kier alpha value is -1.39. The number of carbonyl (C=O) groups is 1. The topological polar surface area (TPSA) is 66.8 Å². The highest BCUT2D eigenvalue weighted by Gasteiger charge is 2.07. The van der Waals surface area contributed by atoms with Crippen molar-refractivity contribution in [2.75, 3.05) is 13.2 Å². The van der Waals surface area contributed by atoms with Crippen LogP contribution < -0.4 is 0 Å². The Labute approximate surface area is 159 Å². The van der Waals surface area contributed by atoms with Gasteiger partial charge in [-0.15, -0.1) is 0 Å². The molecule has 26 heavy (non-hydrogen) atoms. The van der Waals surface area contributed by atoms with E-state index in [1.54, 1.807) is 0 Å². The highest BCUT2D eigenvalue weighted by molar-refractivity contribution is 5.69. The summed E-state index contributed by atoms with van der Waals surface area (Å²) in [6.07, 6.45) is 23.7. The van der Waals surface area contributed by atoms with E-state index in [-0.39, 0.29) is 19.2 Å². The van der Waals surface area contributed by atoms with Crippen molar-refractivity contribution in [1.82, 2.24) is 0 Å². The van der Waals surface area contributed by atoms with Crippen LogP contribution in [-0.4, -0.2) is 35.5 Å². The predicted molar refractivity (Wildman–Crippen MR) is 108 cm³/mol. The van der Waals surface area contributed by atoms with Crippen LogP contribution >= 0.6 is 0 Å². The van der Waals surface area contributed by atoms with Crippen molar-refractivity contribution in [2.45, 2.75) is 83.7 Å². The fourth-order valence-electron chi connectivity index (χ4n) is 2.32. The van der Waals surface area contributed by atoms with E-state index in [1.165, 1.54) is 25.7 Å². The van der Waals surface area contributed by atoms with Crippen molar-refractivity contribution < 1.29 is 19.7 Å². The lowest BCUT2D eigenvalue weighted by Gasteiger charge is -2.08. The molecule has 150 valence electrons. The maximum atomic E-state index is 11.4. The molecule has 1 unspecified atom stereocenters. The Bertz CT molecular complexity index is 399. The molecule has 2 N–H and O–H groups in total. The molecule has 0 heterocycles. The summed E-state index contributed by atoms with van der Waals surface area (Å²) < 4.78 is 4.85. The Morgan fingerprint density at radius 2 is 1.46 bits per heavy atom. The van der Waals surface area contributed by atoms with E-state index in [2.05, 4.69) is 43.4 Å². The summed E-state index contributed by atoms with van der Waals surface area (Å²) >= 11 is 0. The molecule has 0 aliphatic carbocycles. The summed E-state index contributed by atoms with van der Waals surface area (Å²) in [7, 11) is 0. The van der Waals surface area contributed by atoms with Crippen molar-refractivity contribution in [3.05, 3.63) is 36.5 Å². The molecule has 0 saturated carbocycles. The summed E-state index contributed by atoms with van der Waals surface area (Å²) in [5.74, 6) is -0.297. The summed E-state index contributed by atoms with van der Waals surface area (Å²) in [6, 6.07) is 0. The first-order valence-corrected chi connectivity index (χ1v) is 10.1. The van der Waals surface area contributed by atoms with Crippen LogP contribution in [0, 0.1) is 0 Å². The number of ether oxygens (including phenoxy) is 1. The van der Waals surface area contributed by atoms with Crippen LogP contribution in [0.25, 0.3) is 0 Å². The number of aliphatic hydroxyl groups excluding tert-OH is 2. The van der Waals surface area contributed by atoms with Gasteiger partial charge in [-0.2, -0.15) is 0 Å². The van der Waals surface area contributed by atoms with Crippen LogP contribution in [0.2, 0.25) is 0 Å². The number of rotatable bonds is 17. The zero-order valence-electron chi connectivity index (χ0n) is 16.4. The van der Waals surface area contributed by atoms with Gasteiger partial charge in [0.1, 0.15) is 12.7 Å². The first kappa shape index (κ1) is 24.6. The molecule has 0 aliphatic rings. The van der Waals surface area contributed by atoms with E-state index in [0.29, 0.717) is 6.42 Å². The smallest absolute Gasteiger partial charge is 0.305 e. The minimum Gasteiger partial charge on any atom is -0.463 e. The summed E-state index contributed by atoms with van der Waals surface area (Å²) in [6.45, 7) is 1.69. The van der Waals surface area contributed by atoms with Crippen molar-refractivity contribution in [1.29, 1.82) is 0 Å². The average Bonchev–Trinajstić information content (AvgIpc) is 2.65. The fraction of sp³-hybridized carbons (Fsp3) is 0.682. The van der Waals surface area contributed by atoms with E-state index in [0.717, 1.165) is 38.5 Å². The van der Waals surface area contributed by atoms with Gasteiger partial charge >= 0.3 is 5.97 Å². The van der Waals surface area contributed by atoms with Crippen LogP contribution in [0.4, 0.5) is 0 Å². The normalized spacial score (nSPS) is 13.2. The predicted octanol–water partition coefficient (Wildman–Crippen LogP) is 4.86. The van der Waals surface area contributed by atoms with Gasteiger partial charge in [-0.1, -0.05) is 69.1 Å². The monoisotopic (exact) mass is 366 g/mol. The average molecular weight is 367 g/mol. The highest BCUT2D eigenvalue weighted by Crippen LogP contribution is 2.08. The number of esters is 1. The Morgan fingerprint density at radius 3 is 2.12 bits per heavy atom. The summed E-state index contributed by atoms with van der Waals surface area (Å²) in [5.41, 5.74) is 0. The first-order valence-electron chi connectivity index (χ1n) is 10.1. The number of allylic oxidation sites excluding steroid dienone is 6. The molecule has 0 radical (unpaired) electrons. The number of hydrogen-bond acceptors (Lipinski definition) is 4. The maximum Gasteiger partial charge on any atom is 0.305 e. The lowest BCUT2D eigenvalue weighted by Crippen LogP contribution is -2.21. The highest BCUT2D eigenvalue weighted by atomic mass is 16.5. The zero-order valence-corrected chi connectivity index (χ0v) is 16.4. The molecule has 0 saturated heterocycles. The number of hydrogen-bond donors (Lipinski definition) is 2. The molecule has 0 aromatic heterocycles. The zero-order chi connectivity index (χ0) is 19.3. The molecule has 0 amide bonds. The van der Waals surface area contributed by atoms with Crippen molar-refractivity contribution >= 4 is 5.97 Å². The minimum absolute atomic E-state index is 0.119. The molecular formula is C22H38O4. The van der Waals surface area contributed by atoms with Crippen LogP contribution in [0.3, 0.4) is 0 Å². The third-order valence-corrected chi connectivity index (χ3v) is 3.90. The lowest BCUT2D eigenvalue weighted by atomic mass is 10.1. The third-order valence-electron chi connectivity index (χ3n) is 3.90. The summed E-state index contributed by atoms with van der Waals surface area (Å²) in [5, 5.41) is 17.7. The van der Waals surface area contributed by atoms with Crippen molar-refractivity contribution in [3.63, 3.8) is 0 Å². The van der Waals surface area contributed by atoms with E-state index >= 15 is 0 Å². The van der Waals surface area contributed by atoms with Gasteiger partial charge in [0.2, 0.25) is 0 Å². The largest absolute Gasteiger partial charge is 0.463 e. The molecule has 0 aliphatic heterocycles. The quantitative estimate of drug-likeness (QED) is 0.219. The van der Waals surface area contributed by atoms with Gasteiger partial charge in [-0.05, 0) is 38.5 Å².